The third-order valence-corrected chi connectivity index (χ3v) is 5.65. The van der Waals surface area contributed by atoms with E-state index < -0.39 is 5.54 Å². The summed E-state index contributed by atoms with van der Waals surface area (Å²) in [5.74, 6) is 0. The van der Waals surface area contributed by atoms with Gasteiger partial charge >= 0.3 is 0 Å². The van der Waals surface area contributed by atoms with E-state index in [-0.39, 0.29) is 10.6 Å². The van der Waals surface area contributed by atoms with Crippen molar-refractivity contribution in [3.05, 3.63) is 142 Å². The lowest BCUT2D eigenvalue weighted by atomic mass is 9.77. The topological polar surface area (TPSA) is 61.0 Å². The maximum Gasteiger partial charge on any atom is 0.270 e. The zero-order valence-electron chi connectivity index (χ0n) is 16.6. The Morgan fingerprint density at radius 3 is 1.65 bits per heavy atom. The van der Waals surface area contributed by atoms with Crippen LogP contribution in [0.5, 0.6) is 0 Å². The van der Waals surface area contributed by atoms with E-state index in [2.05, 4.69) is 36.4 Å². The van der Waals surface area contributed by atoms with Crippen LogP contribution in [0.3, 0.4) is 0 Å². The minimum Gasteiger partial charge on any atom is -0.258 e. The molecule has 0 aliphatic rings. The highest BCUT2D eigenvalue weighted by Crippen LogP contribution is 2.42. The third-order valence-electron chi connectivity index (χ3n) is 5.65. The van der Waals surface area contributed by atoms with Crippen LogP contribution in [-0.2, 0) is 5.54 Å². The second-order valence-corrected chi connectivity index (χ2v) is 7.37. The van der Waals surface area contributed by atoms with Crippen molar-refractivity contribution in [2.45, 2.75) is 5.54 Å². The fraction of sp³-hybridized carbons (Fsp3) is 0.0385. The summed E-state index contributed by atoms with van der Waals surface area (Å²) in [4.78, 5) is 10.9. The standard InChI is InChI=1S/C26H19N3O2/c30-29(31)24-16-17-25-20(18-24)19-27-28(25)26(21-10-4-1-5-11-21,22-12-6-2-7-13-22)23-14-8-3-9-15-23/h1-19H. The van der Waals surface area contributed by atoms with E-state index in [9.17, 15) is 10.1 Å². The fourth-order valence-corrected chi connectivity index (χ4v) is 4.31. The van der Waals surface area contributed by atoms with E-state index >= 15 is 0 Å². The average molecular weight is 405 g/mol. The first kappa shape index (κ1) is 18.8. The maximum absolute atomic E-state index is 11.3. The minimum absolute atomic E-state index is 0.0526. The zero-order chi connectivity index (χ0) is 21.3. The summed E-state index contributed by atoms with van der Waals surface area (Å²) in [6.07, 6.45) is 1.70. The fourth-order valence-electron chi connectivity index (χ4n) is 4.31. The molecule has 150 valence electrons. The van der Waals surface area contributed by atoms with Gasteiger partial charge in [0.25, 0.3) is 5.69 Å². The summed E-state index contributed by atoms with van der Waals surface area (Å²) in [6, 6.07) is 35.6. The van der Waals surface area contributed by atoms with Crippen LogP contribution in [0.25, 0.3) is 10.9 Å². The van der Waals surface area contributed by atoms with Crippen LogP contribution in [0.1, 0.15) is 16.7 Å². The van der Waals surface area contributed by atoms with Gasteiger partial charge < -0.3 is 0 Å². The zero-order valence-corrected chi connectivity index (χ0v) is 16.6. The van der Waals surface area contributed by atoms with Gasteiger partial charge in [0.15, 0.2) is 0 Å². The summed E-state index contributed by atoms with van der Waals surface area (Å²) in [5.41, 5.74) is 3.28. The number of rotatable bonds is 5. The Labute approximate surface area is 179 Å². The lowest BCUT2D eigenvalue weighted by Gasteiger charge is -2.37. The molecule has 1 aromatic heterocycles. The highest BCUT2D eigenvalue weighted by molar-refractivity contribution is 5.82. The van der Waals surface area contributed by atoms with Crippen molar-refractivity contribution < 1.29 is 4.92 Å². The quantitative estimate of drug-likeness (QED) is 0.211. The maximum atomic E-state index is 11.3. The van der Waals surface area contributed by atoms with Crippen molar-refractivity contribution in [3.8, 4) is 0 Å². The van der Waals surface area contributed by atoms with Crippen LogP contribution >= 0.6 is 0 Å². The van der Waals surface area contributed by atoms with Crippen molar-refractivity contribution in [1.82, 2.24) is 9.78 Å². The molecule has 0 aliphatic heterocycles. The predicted molar refractivity (Wildman–Crippen MR) is 121 cm³/mol. The molecular weight excluding hydrogens is 386 g/mol. The Hall–Kier alpha value is -4.25. The van der Waals surface area contributed by atoms with Crippen LogP contribution in [0.2, 0.25) is 0 Å². The summed E-state index contributed by atoms with van der Waals surface area (Å²) in [6.45, 7) is 0. The summed E-state index contributed by atoms with van der Waals surface area (Å²) in [7, 11) is 0. The molecule has 0 saturated heterocycles. The second-order valence-electron chi connectivity index (χ2n) is 7.37. The van der Waals surface area contributed by atoms with Crippen LogP contribution in [-0.4, -0.2) is 14.7 Å². The van der Waals surface area contributed by atoms with Crippen molar-refractivity contribution in [1.29, 1.82) is 0 Å². The first-order chi connectivity index (χ1) is 15.2. The number of nitro benzene ring substituents is 1. The van der Waals surface area contributed by atoms with Gasteiger partial charge in [-0.3, -0.25) is 10.1 Å². The van der Waals surface area contributed by atoms with Gasteiger partial charge in [0, 0.05) is 17.5 Å². The van der Waals surface area contributed by atoms with Gasteiger partial charge in [-0.25, -0.2) is 4.68 Å². The number of hydrogen-bond donors (Lipinski definition) is 0. The van der Waals surface area contributed by atoms with Crippen molar-refractivity contribution in [2.24, 2.45) is 0 Å². The van der Waals surface area contributed by atoms with E-state index in [1.807, 2.05) is 59.3 Å². The Balaban J connectivity index is 1.92. The molecule has 0 spiro atoms. The molecule has 4 aromatic carbocycles. The first-order valence-electron chi connectivity index (χ1n) is 10.0. The van der Waals surface area contributed by atoms with Crippen molar-refractivity contribution in [3.63, 3.8) is 0 Å². The lowest BCUT2D eigenvalue weighted by molar-refractivity contribution is -0.384. The Kier molecular flexibility index (Phi) is 4.56. The van der Waals surface area contributed by atoms with Gasteiger partial charge in [-0.15, -0.1) is 0 Å². The molecule has 0 saturated carbocycles. The van der Waals surface area contributed by atoms with Gasteiger partial charge in [-0.2, -0.15) is 5.10 Å². The molecule has 0 amide bonds. The Morgan fingerprint density at radius 1 is 0.710 bits per heavy atom. The van der Waals surface area contributed by atoms with Gasteiger partial charge in [0.1, 0.15) is 5.54 Å². The highest BCUT2D eigenvalue weighted by atomic mass is 16.6. The monoisotopic (exact) mass is 405 g/mol. The molecule has 0 radical (unpaired) electrons. The molecule has 0 N–H and O–H groups in total. The predicted octanol–water partition coefficient (Wildman–Crippen LogP) is 5.78. The SMILES string of the molecule is O=[N+]([O-])c1ccc2c(cnn2C(c2ccccc2)(c2ccccc2)c2ccccc2)c1. The first-order valence-corrected chi connectivity index (χ1v) is 10.0. The Morgan fingerprint density at radius 2 is 1.19 bits per heavy atom. The molecule has 0 fully saturated rings. The number of aromatic nitrogens is 2. The molecule has 1 heterocycles. The number of nitro groups is 1. The van der Waals surface area contributed by atoms with Crippen LogP contribution in [0, 0.1) is 10.1 Å². The normalized spacial score (nSPS) is 11.5. The van der Waals surface area contributed by atoms with E-state index in [0.29, 0.717) is 0 Å². The molecule has 5 heteroatoms. The van der Waals surface area contributed by atoms with E-state index in [0.717, 1.165) is 27.6 Å². The molecule has 31 heavy (non-hydrogen) atoms. The van der Waals surface area contributed by atoms with E-state index in [1.54, 1.807) is 18.3 Å². The number of benzene rings is 4. The lowest BCUT2D eigenvalue weighted by Crippen LogP contribution is -2.38. The van der Waals surface area contributed by atoms with Crippen LogP contribution in [0.15, 0.2) is 115 Å². The van der Waals surface area contributed by atoms with Crippen molar-refractivity contribution in [2.75, 3.05) is 0 Å². The smallest absolute Gasteiger partial charge is 0.258 e. The number of hydrogen-bond acceptors (Lipinski definition) is 3. The van der Waals surface area contributed by atoms with Crippen LogP contribution in [0.4, 0.5) is 5.69 Å². The second kappa shape index (κ2) is 7.54. The number of nitrogens with zero attached hydrogens (tertiary/aromatic N) is 3. The van der Waals surface area contributed by atoms with Crippen LogP contribution < -0.4 is 0 Å². The van der Waals surface area contributed by atoms with Gasteiger partial charge in [-0.1, -0.05) is 91.0 Å². The highest BCUT2D eigenvalue weighted by Gasteiger charge is 2.40. The summed E-state index contributed by atoms with van der Waals surface area (Å²) >= 11 is 0. The van der Waals surface area contributed by atoms with Gasteiger partial charge in [0.05, 0.1) is 16.6 Å². The number of non-ortho nitro benzene ring substituents is 1. The molecule has 0 unspecified atom stereocenters. The largest absolute Gasteiger partial charge is 0.270 e. The summed E-state index contributed by atoms with van der Waals surface area (Å²) in [5, 5.41) is 16.8. The molecule has 0 atom stereocenters. The molecule has 5 rings (SSSR count). The average Bonchev–Trinajstić information content (AvgIpc) is 3.25. The van der Waals surface area contributed by atoms with Crippen molar-refractivity contribution >= 4 is 16.6 Å². The molecule has 0 aliphatic carbocycles. The third kappa shape index (κ3) is 2.99. The molecule has 0 bridgehead atoms. The number of fused-ring (bicyclic) bond motifs is 1. The minimum atomic E-state index is -0.748. The molecular formula is C26H19N3O2. The van der Waals surface area contributed by atoms with Gasteiger partial charge in [-0.05, 0) is 22.8 Å². The molecule has 5 nitrogen and oxygen atoms in total. The summed E-state index contributed by atoms with van der Waals surface area (Å²) < 4.78 is 1.98. The Bertz CT molecular complexity index is 1250. The van der Waals surface area contributed by atoms with Gasteiger partial charge in [0.2, 0.25) is 0 Å². The van der Waals surface area contributed by atoms with E-state index in [1.165, 1.54) is 6.07 Å². The van der Waals surface area contributed by atoms with E-state index in [4.69, 9.17) is 5.10 Å². The molecule has 5 aromatic rings.